The molecule has 0 radical (unpaired) electrons. The molecule has 0 aromatic heterocycles. The van der Waals surface area contributed by atoms with Crippen molar-refractivity contribution in [1.29, 1.82) is 0 Å². The van der Waals surface area contributed by atoms with E-state index < -0.39 is 30.5 Å². The van der Waals surface area contributed by atoms with E-state index in [1.165, 1.54) is 0 Å². The molecule has 3 N–H and O–H groups in total. The van der Waals surface area contributed by atoms with E-state index in [2.05, 4.69) is 0 Å². The lowest BCUT2D eigenvalue weighted by atomic mass is 9.90. The van der Waals surface area contributed by atoms with Crippen LogP contribution < -0.4 is 0 Å². The van der Waals surface area contributed by atoms with Gasteiger partial charge in [-0.2, -0.15) is 0 Å². The maximum absolute atomic E-state index is 9.56. The van der Waals surface area contributed by atoms with Gasteiger partial charge in [0.05, 0.1) is 12.2 Å². The predicted octanol–water partition coefficient (Wildman–Crippen LogP) is -0.488. The Morgan fingerprint density at radius 1 is 1.00 bits per heavy atom. The molecule has 1 aliphatic heterocycles. The molecular formula is C9H18O4. The van der Waals surface area contributed by atoms with Crippen LogP contribution in [-0.4, -0.2) is 45.8 Å². The van der Waals surface area contributed by atoms with E-state index in [1.54, 1.807) is 6.92 Å². The second-order valence-corrected chi connectivity index (χ2v) is 4.02. The zero-order chi connectivity index (χ0) is 10.2. The number of hydrogen-bond donors (Lipinski definition) is 3. The van der Waals surface area contributed by atoms with Crippen molar-refractivity contribution in [3.05, 3.63) is 0 Å². The highest BCUT2D eigenvalue weighted by Crippen LogP contribution is 2.25. The molecule has 0 aromatic rings. The Balaban J connectivity index is 2.70. The Kier molecular flexibility index (Phi) is 3.29. The average molecular weight is 190 g/mol. The average Bonchev–Trinajstić information content (AvgIpc) is 2.07. The summed E-state index contributed by atoms with van der Waals surface area (Å²) in [6.07, 6.45) is -3.91. The molecule has 0 bridgehead atoms. The summed E-state index contributed by atoms with van der Waals surface area (Å²) in [5.41, 5.74) is 0. The lowest BCUT2D eigenvalue weighted by Crippen LogP contribution is -2.57. The number of hydrogen-bond acceptors (Lipinski definition) is 4. The van der Waals surface area contributed by atoms with Crippen molar-refractivity contribution in [3.63, 3.8) is 0 Å². The highest BCUT2D eigenvalue weighted by molar-refractivity contribution is 4.91. The molecule has 13 heavy (non-hydrogen) atoms. The molecule has 0 saturated carbocycles. The minimum atomic E-state index is -1.10. The molecule has 0 spiro atoms. The zero-order valence-corrected chi connectivity index (χ0v) is 8.21. The Bertz CT molecular complexity index is 171. The van der Waals surface area contributed by atoms with Gasteiger partial charge in [-0.15, -0.1) is 0 Å². The standard InChI is InChI=1S/C9H18O4/c1-4(2)9-8(12)7(11)6(10)5(3)13-9/h4-12H,1-3H3/t5-,6-,7+,8-,9+/m1/s1. The third-order valence-electron chi connectivity index (χ3n) is 2.55. The maximum Gasteiger partial charge on any atom is 0.111 e. The molecule has 0 aromatic carbocycles. The third-order valence-corrected chi connectivity index (χ3v) is 2.55. The van der Waals surface area contributed by atoms with Crippen molar-refractivity contribution >= 4 is 0 Å². The van der Waals surface area contributed by atoms with Crippen molar-refractivity contribution in [1.82, 2.24) is 0 Å². The van der Waals surface area contributed by atoms with Crippen LogP contribution in [-0.2, 0) is 4.74 Å². The van der Waals surface area contributed by atoms with Crippen LogP contribution in [0.5, 0.6) is 0 Å². The number of aliphatic hydroxyl groups excluding tert-OH is 3. The van der Waals surface area contributed by atoms with Gasteiger partial charge in [0, 0.05) is 0 Å². The zero-order valence-electron chi connectivity index (χ0n) is 8.21. The van der Waals surface area contributed by atoms with E-state index >= 15 is 0 Å². The summed E-state index contributed by atoms with van der Waals surface area (Å²) in [6, 6.07) is 0. The first-order valence-electron chi connectivity index (χ1n) is 4.64. The molecule has 0 aliphatic carbocycles. The van der Waals surface area contributed by atoms with Crippen LogP contribution in [0.2, 0.25) is 0 Å². The van der Waals surface area contributed by atoms with Gasteiger partial charge in [-0.25, -0.2) is 0 Å². The van der Waals surface area contributed by atoms with Gasteiger partial charge in [0.1, 0.15) is 18.3 Å². The van der Waals surface area contributed by atoms with Gasteiger partial charge in [0.15, 0.2) is 0 Å². The number of ether oxygens (including phenoxy) is 1. The summed E-state index contributed by atoms with van der Waals surface area (Å²) in [7, 11) is 0. The minimum Gasteiger partial charge on any atom is -0.388 e. The Labute approximate surface area is 78.1 Å². The quantitative estimate of drug-likeness (QED) is 0.522. The SMILES string of the molecule is CC(C)[C@@H]1O[C@H](C)[C@@H](O)[C@H](O)[C@H]1O. The number of aliphatic hydroxyl groups is 3. The lowest BCUT2D eigenvalue weighted by Gasteiger charge is -2.41. The van der Waals surface area contributed by atoms with Crippen molar-refractivity contribution in [3.8, 4) is 0 Å². The maximum atomic E-state index is 9.56. The minimum absolute atomic E-state index is 0.125. The molecule has 1 aliphatic rings. The van der Waals surface area contributed by atoms with E-state index in [1.807, 2.05) is 13.8 Å². The molecule has 0 amide bonds. The summed E-state index contributed by atoms with van der Waals surface area (Å²) in [4.78, 5) is 0. The van der Waals surface area contributed by atoms with Crippen molar-refractivity contribution in [2.75, 3.05) is 0 Å². The fourth-order valence-electron chi connectivity index (χ4n) is 1.63. The van der Waals surface area contributed by atoms with E-state index in [0.29, 0.717) is 0 Å². The first kappa shape index (κ1) is 10.9. The van der Waals surface area contributed by atoms with Gasteiger partial charge in [-0.3, -0.25) is 0 Å². The monoisotopic (exact) mass is 190 g/mol. The molecule has 4 heteroatoms. The summed E-state index contributed by atoms with van der Waals surface area (Å²) in [5.74, 6) is 0.125. The normalized spacial score (nSPS) is 46.8. The van der Waals surface area contributed by atoms with Crippen molar-refractivity contribution in [2.24, 2.45) is 5.92 Å². The van der Waals surface area contributed by atoms with Gasteiger partial charge in [0.2, 0.25) is 0 Å². The van der Waals surface area contributed by atoms with Crippen LogP contribution in [0, 0.1) is 5.92 Å². The predicted molar refractivity (Wildman–Crippen MR) is 47.2 cm³/mol. The van der Waals surface area contributed by atoms with Gasteiger partial charge in [0.25, 0.3) is 0 Å². The van der Waals surface area contributed by atoms with Crippen molar-refractivity contribution < 1.29 is 20.1 Å². The van der Waals surface area contributed by atoms with Crippen LogP contribution in [0.3, 0.4) is 0 Å². The highest BCUT2D eigenvalue weighted by atomic mass is 16.5. The highest BCUT2D eigenvalue weighted by Gasteiger charge is 2.42. The van der Waals surface area contributed by atoms with E-state index in [-0.39, 0.29) is 5.92 Å². The van der Waals surface area contributed by atoms with Gasteiger partial charge in [-0.1, -0.05) is 13.8 Å². The summed E-state index contributed by atoms with van der Waals surface area (Å²) < 4.78 is 5.38. The summed E-state index contributed by atoms with van der Waals surface area (Å²) in [6.45, 7) is 5.51. The molecule has 1 heterocycles. The molecule has 1 rings (SSSR count). The molecule has 5 atom stereocenters. The molecule has 0 unspecified atom stereocenters. The van der Waals surface area contributed by atoms with Crippen LogP contribution in [0.15, 0.2) is 0 Å². The second-order valence-electron chi connectivity index (χ2n) is 4.02. The van der Waals surface area contributed by atoms with Gasteiger partial charge in [-0.05, 0) is 12.8 Å². The second kappa shape index (κ2) is 3.92. The van der Waals surface area contributed by atoms with E-state index in [4.69, 9.17) is 4.74 Å². The van der Waals surface area contributed by atoms with Gasteiger partial charge >= 0.3 is 0 Å². The van der Waals surface area contributed by atoms with E-state index in [9.17, 15) is 15.3 Å². The smallest absolute Gasteiger partial charge is 0.111 e. The van der Waals surface area contributed by atoms with Crippen LogP contribution in [0.4, 0.5) is 0 Å². The molecule has 1 fully saturated rings. The first-order valence-corrected chi connectivity index (χ1v) is 4.64. The summed E-state index contributed by atoms with van der Waals surface area (Å²) in [5, 5.41) is 28.4. The van der Waals surface area contributed by atoms with E-state index in [0.717, 1.165) is 0 Å². The topological polar surface area (TPSA) is 69.9 Å². The number of rotatable bonds is 1. The fraction of sp³-hybridized carbons (Fsp3) is 1.00. The van der Waals surface area contributed by atoms with Crippen LogP contribution >= 0.6 is 0 Å². The van der Waals surface area contributed by atoms with Gasteiger partial charge < -0.3 is 20.1 Å². The first-order chi connectivity index (χ1) is 5.95. The Hall–Kier alpha value is -0.160. The molecule has 1 saturated heterocycles. The van der Waals surface area contributed by atoms with Crippen LogP contribution in [0.1, 0.15) is 20.8 Å². The summed E-state index contributed by atoms with van der Waals surface area (Å²) >= 11 is 0. The molecule has 4 nitrogen and oxygen atoms in total. The Morgan fingerprint density at radius 3 is 2.00 bits per heavy atom. The fourth-order valence-corrected chi connectivity index (χ4v) is 1.63. The molecule has 78 valence electrons. The van der Waals surface area contributed by atoms with Crippen molar-refractivity contribution in [2.45, 2.75) is 51.3 Å². The molecular weight excluding hydrogens is 172 g/mol. The largest absolute Gasteiger partial charge is 0.388 e. The van der Waals surface area contributed by atoms with Crippen LogP contribution in [0.25, 0.3) is 0 Å². The Morgan fingerprint density at radius 2 is 1.54 bits per heavy atom. The third kappa shape index (κ3) is 2.02. The lowest BCUT2D eigenvalue weighted by molar-refractivity contribution is -0.226.